The zero-order valence-corrected chi connectivity index (χ0v) is 16.1. The summed E-state index contributed by atoms with van der Waals surface area (Å²) in [6, 6.07) is 11.4. The third-order valence-corrected chi connectivity index (χ3v) is 4.12. The monoisotopic (exact) mass is 372 g/mol. The highest BCUT2D eigenvalue weighted by molar-refractivity contribution is 5.94. The first-order chi connectivity index (χ1) is 13.2. The van der Waals surface area contributed by atoms with Crippen LogP contribution in [0.25, 0.3) is 5.69 Å². The lowest BCUT2D eigenvalue weighted by Gasteiger charge is -2.22. The van der Waals surface area contributed by atoms with Crippen LogP contribution in [-0.2, 0) is 14.3 Å². The minimum atomic E-state index is -0.289. The number of benzene rings is 1. The standard InChI is InChI=1S/C21H28N2O4/c1-3-26-17-7-15-23(16-12-20(24)27-4-2)21(25)18-8-10-19(11-9-18)22-13-5-6-14-22/h5-6,8-11,13-14H,3-4,7,12,15-17H2,1-2H3. The number of carbonyl (C=O) groups excluding carboxylic acids is 2. The summed E-state index contributed by atoms with van der Waals surface area (Å²) in [5.74, 6) is -0.377. The van der Waals surface area contributed by atoms with E-state index in [2.05, 4.69) is 0 Å². The van der Waals surface area contributed by atoms with Crippen molar-refractivity contribution in [1.29, 1.82) is 0 Å². The quantitative estimate of drug-likeness (QED) is 0.449. The van der Waals surface area contributed by atoms with Crippen molar-refractivity contribution in [3.8, 4) is 5.69 Å². The number of hydrogen-bond donors (Lipinski definition) is 0. The van der Waals surface area contributed by atoms with Crippen LogP contribution >= 0.6 is 0 Å². The van der Waals surface area contributed by atoms with Crippen LogP contribution in [-0.4, -0.2) is 54.3 Å². The summed E-state index contributed by atoms with van der Waals surface area (Å²) in [5.41, 5.74) is 1.59. The molecule has 6 nitrogen and oxygen atoms in total. The number of rotatable bonds is 11. The Morgan fingerprint density at radius 1 is 1.00 bits per heavy atom. The molecule has 0 N–H and O–H groups in total. The maximum absolute atomic E-state index is 12.9. The number of hydrogen-bond acceptors (Lipinski definition) is 4. The fourth-order valence-electron chi connectivity index (χ4n) is 2.74. The molecule has 0 saturated carbocycles. The molecule has 0 unspecified atom stereocenters. The van der Waals surface area contributed by atoms with Crippen LogP contribution < -0.4 is 0 Å². The molecule has 1 heterocycles. The second-order valence-electron chi connectivity index (χ2n) is 6.03. The number of amides is 1. The summed E-state index contributed by atoms with van der Waals surface area (Å²) in [4.78, 5) is 26.3. The van der Waals surface area contributed by atoms with Gasteiger partial charge in [0.25, 0.3) is 5.91 Å². The van der Waals surface area contributed by atoms with Gasteiger partial charge < -0.3 is 18.9 Å². The Morgan fingerprint density at radius 2 is 1.70 bits per heavy atom. The summed E-state index contributed by atoms with van der Waals surface area (Å²) in [7, 11) is 0. The van der Waals surface area contributed by atoms with Gasteiger partial charge in [-0.25, -0.2) is 0 Å². The highest BCUT2D eigenvalue weighted by Gasteiger charge is 2.17. The van der Waals surface area contributed by atoms with E-state index in [-0.39, 0.29) is 18.3 Å². The summed E-state index contributed by atoms with van der Waals surface area (Å²) >= 11 is 0. The van der Waals surface area contributed by atoms with Crippen molar-refractivity contribution in [1.82, 2.24) is 9.47 Å². The molecule has 0 bridgehead atoms. The van der Waals surface area contributed by atoms with Gasteiger partial charge in [0.1, 0.15) is 0 Å². The van der Waals surface area contributed by atoms with Gasteiger partial charge >= 0.3 is 5.97 Å². The van der Waals surface area contributed by atoms with E-state index < -0.39 is 0 Å². The van der Waals surface area contributed by atoms with Crippen LogP contribution in [0.15, 0.2) is 48.8 Å². The molecule has 1 amide bonds. The predicted octanol–water partition coefficient (Wildman–Crippen LogP) is 3.30. The SMILES string of the molecule is CCOCCCN(CCC(=O)OCC)C(=O)c1ccc(-n2cccc2)cc1. The van der Waals surface area contributed by atoms with Gasteiger partial charge in [-0.15, -0.1) is 0 Å². The van der Waals surface area contributed by atoms with Crippen molar-refractivity contribution >= 4 is 11.9 Å². The third kappa shape index (κ3) is 6.57. The Hall–Kier alpha value is -2.60. The molecule has 6 heteroatoms. The average Bonchev–Trinajstić information content (AvgIpc) is 3.22. The van der Waals surface area contributed by atoms with E-state index in [4.69, 9.17) is 9.47 Å². The number of esters is 1. The maximum atomic E-state index is 12.9. The molecule has 27 heavy (non-hydrogen) atoms. The van der Waals surface area contributed by atoms with Crippen molar-refractivity contribution in [3.63, 3.8) is 0 Å². The molecular formula is C21H28N2O4. The van der Waals surface area contributed by atoms with Crippen LogP contribution in [0, 0.1) is 0 Å². The maximum Gasteiger partial charge on any atom is 0.307 e. The molecule has 1 aromatic heterocycles. The van der Waals surface area contributed by atoms with Crippen LogP contribution in [0.2, 0.25) is 0 Å². The van der Waals surface area contributed by atoms with Gasteiger partial charge in [0.2, 0.25) is 0 Å². The van der Waals surface area contributed by atoms with Gasteiger partial charge in [-0.3, -0.25) is 9.59 Å². The fourth-order valence-corrected chi connectivity index (χ4v) is 2.74. The van der Waals surface area contributed by atoms with E-state index in [1.54, 1.807) is 11.8 Å². The topological polar surface area (TPSA) is 60.8 Å². The summed E-state index contributed by atoms with van der Waals surface area (Å²) < 4.78 is 12.3. The van der Waals surface area contributed by atoms with Gasteiger partial charge in [0.05, 0.1) is 13.0 Å². The molecule has 0 aliphatic carbocycles. The van der Waals surface area contributed by atoms with E-state index in [1.165, 1.54) is 0 Å². The number of nitrogens with zero attached hydrogens (tertiary/aromatic N) is 2. The first kappa shape index (κ1) is 20.7. The Kier molecular flexibility index (Phi) is 8.58. The smallest absolute Gasteiger partial charge is 0.307 e. The normalized spacial score (nSPS) is 10.6. The van der Waals surface area contributed by atoms with Crippen molar-refractivity contribution in [3.05, 3.63) is 54.4 Å². The van der Waals surface area contributed by atoms with E-state index in [0.29, 0.717) is 38.5 Å². The van der Waals surface area contributed by atoms with Gasteiger partial charge in [0, 0.05) is 49.9 Å². The molecule has 2 aromatic rings. The van der Waals surface area contributed by atoms with E-state index in [9.17, 15) is 9.59 Å². The lowest BCUT2D eigenvalue weighted by molar-refractivity contribution is -0.143. The lowest BCUT2D eigenvalue weighted by Crippen LogP contribution is -2.34. The fraction of sp³-hybridized carbons (Fsp3) is 0.429. The van der Waals surface area contributed by atoms with Gasteiger partial charge in [-0.05, 0) is 56.7 Å². The molecule has 0 atom stereocenters. The van der Waals surface area contributed by atoms with Crippen LogP contribution in [0.4, 0.5) is 0 Å². The van der Waals surface area contributed by atoms with Crippen molar-refractivity contribution in [2.45, 2.75) is 26.7 Å². The first-order valence-electron chi connectivity index (χ1n) is 9.41. The van der Waals surface area contributed by atoms with Crippen molar-refractivity contribution in [2.75, 3.05) is 32.9 Å². The minimum absolute atomic E-state index is 0.0881. The zero-order valence-electron chi connectivity index (χ0n) is 16.1. The largest absolute Gasteiger partial charge is 0.466 e. The third-order valence-electron chi connectivity index (χ3n) is 4.12. The Labute approximate surface area is 160 Å². The first-order valence-corrected chi connectivity index (χ1v) is 9.41. The zero-order chi connectivity index (χ0) is 19.5. The molecule has 0 fully saturated rings. The molecule has 0 aliphatic rings. The lowest BCUT2D eigenvalue weighted by atomic mass is 10.1. The van der Waals surface area contributed by atoms with Crippen LogP contribution in [0.5, 0.6) is 0 Å². The number of carbonyl (C=O) groups is 2. The molecule has 0 spiro atoms. The molecular weight excluding hydrogens is 344 g/mol. The molecule has 2 rings (SSSR count). The van der Waals surface area contributed by atoms with E-state index in [0.717, 1.165) is 12.1 Å². The summed E-state index contributed by atoms with van der Waals surface area (Å²) in [6.07, 6.45) is 4.83. The molecule has 0 radical (unpaired) electrons. The Morgan fingerprint density at radius 3 is 2.33 bits per heavy atom. The summed E-state index contributed by atoms with van der Waals surface area (Å²) in [6.45, 7) is 6.17. The van der Waals surface area contributed by atoms with Gasteiger partial charge in [0.15, 0.2) is 0 Å². The van der Waals surface area contributed by atoms with Gasteiger partial charge in [-0.1, -0.05) is 0 Å². The highest BCUT2D eigenvalue weighted by atomic mass is 16.5. The van der Waals surface area contributed by atoms with Gasteiger partial charge in [-0.2, -0.15) is 0 Å². The second-order valence-corrected chi connectivity index (χ2v) is 6.03. The highest BCUT2D eigenvalue weighted by Crippen LogP contribution is 2.13. The molecule has 146 valence electrons. The number of ether oxygens (including phenoxy) is 2. The van der Waals surface area contributed by atoms with Crippen LogP contribution in [0.3, 0.4) is 0 Å². The minimum Gasteiger partial charge on any atom is -0.466 e. The van der Waals surface area contributed by atoms with Crippen molar-refractivity contribution in [2.24, 2.45) is 0 Å². The van der Waals surface area contributed by atoms with Crippen molar-refractivity contribution < 1.29 is 19.1 Å². The Balaban J connectivity index is 2.02. The average molecular weight is 372 g/mol. The predicted molar refractivity (Wildman–Crippen MR) is 104 cm³/mol. The second kappa shape index (κ2) is 11.2. The molecule has 0 aliphatic heterocycles. The molecule has 1 aromatic carbocycles. The van der Waals surface area contributed by atoms with E-state index >= 15 is 0 Å². The number of aromatic nitrogens is 1. The van der Waals surface area contributed by atoms with E-state index in [1.807, 2.05) is 60.3 Å². The summed E-state index contributed by atoms with van der Waals surface area (Å²) in [5, 5.41) is 0. The Bertz CT molecular complexity index is 695. The molecule has 0 saturated heterocycles. The van der Waals surface area contributed by atoms with Crippen LogP contribution in [0.1, 0.15) is 37.0 Å².